The molecule has 1 aromatic carbocycles. The topological polar surface area (TPSA) is 96.0 Å². The van der Waals surface area contributed by atoms with Gasteiger partial charge in [-0.1, -0.05) is 12.1 Å². The third-order valence-electron chi connectivity index (χ3n) is 4.63. The van der Waals surface area contributed by atoms with Crippen LogP contribution in [0, 0.1) is 0 Å². The van der Waals surface area contributed by atoms with E-state index < -0.39 is 21.7 Å². The van der Waals surface area contributed by atoms with Crippen LogP contribution in [0.1, 0.15) is 36.0 Å². The molecule has 0 radical (unpaired) electrons. The number of hydrogen-bond acceptors (Lipinski definition) is 6. The van der Waals surface area contributed by atoms with E-state index in [0.717, 1.165) is 4.88 Å². The zero-order chi connectivity index (χ0) is 22.6. The lowest BCUT2D eigenvalue weighted by molar-refractivity contribution is 0.0141. The predicted molar refractivity (Wildman–Crippen MR) is 118 cm³/mol. The number of piperazine rings is 1. The fourth-order valence-corrected chi connectivity index (χ4v) is 4.85. The van der Waals surface area contributed by atoms with E-state index in [4.69, 9.17) is 4.74 Å². The minimum Gasteiger partial charge on any atom is -0.444 e. The SMILES string of the molecule is CC(C)(C)OC(=O)N1CCN(C(=O)c2cccc(S(=O)(=O)NCc3cccs3)c2)CC1. The van der Waals surface area contributed by atoms with Crippen LogP contribution in [-0.2, 0) is 21.3 Å². The average Bonchev–Trinajstić information content (AvgIpc) is 3.25. The summed E-state index contributed by atoms with van der Waals surface area (Å²) in [6.07, 6.45) is -0.399. The van der Waals surface area contributed by atoms with E-state index in [1.54, 1.807) is 42.7 Å². The van der Waals surface area contributed by atoms with E-state index in [0.29, 0.717) is 31.7 Å². The summed E-state index contributed by atoms with van der Waals surface area (Å²) in [6.45, 7) is 7.05. The maximum absolute atomic E-state index is 12.9. The smallest absolute Gasteiger partial charge is 0.410 e. The van der Waals surface area contributed by atoms with E-state index in [1.165, 1.54) is 23.5 Å². The van der Waals surface area contributed by atoms with Gasteiger partial charge >= 0.3 is 6.09 Å². The Hall–Kier alpha value is -2.43. The fourth-order valence-electron chi connectivity index (χ4n) is 3.06. The Labute approximate surface area is 186 Å². The van der Waals surface area contributed by atoms with Crippen LogP contribution in [0.15, 0.2) is 46.7 Å². The molecule has 3 rings (SSSR count). The maximum Gasteiger partial charge on any atom is 0.410 e. The molecule has 168 valence electrons. The molecule has 0 unspecified atom stereocenters. The first-order valence-corrected chi connectivity index (χ1v) is 12.3. The van der Waals surface area contributed by atoms with Crippen molar-refractivity contribution in [3.63, 3.8) is 0 Å². The van der Waals surface area contributed by atoms with Crippen LogP contribution < -0.4 is 4.72 Å². The molecule has 0 atom stereocenters. The van der Waals surface area contributed by atoms with E-state index in [9.17, 15) is 18.0 Å². The first kappa shape index (κ1) is 23.2. The van der Waals surface area contributed by atoms with Gasteiger partial charge in [-0.05, 0) is 50.4 Å². The highest BCUT2D eigenvalue weighted by Crippen LogP contribution is 2.17. The van der Waals surface area contributed by atoms with Crippen molar-refractivity contribution in [2.45, 2.75) is 37.8 Å². The van der Waals surface area contributed by atoms with E-state index in [-0.39, 0.29) is 17.3 Å². The summed E-state index contributed by atoms with van der Waals surface area (Å²) in [5.74, 6) is -0.265. The van der Waals surface area contributed by atoms with Gasteiger partial charge < -0.3 is 14.5 Å². The lowest BCUT2D eigenvalue weighted by Crippen LogP contribution is -2.51. The molecule has 0 aliphatic carbocycles. The summed E-state index contributed by atoms with van der Waals surface area (Å²) >= 11 is 1.47. The van der Waals surface area contributed by atoms with Gasteiger partial charge in [-0.2, -0.15) is 0 Å². The summed E-state index contributed by atoms with van der Waals surface area (Å²) in [4.78, 5) is 29.2. The number of sulfonamides is 1. The molecule has 0 spiro atoms. The molecular weight excluding hydrogens is 438 g/mol. The zero-order valence-corrected chi connectivity index (χ0v) is 19.5. The number of ether oxygens (including phenoxy) is 1. The number of nitrogens with one attached hydrogen (secondary N) is 1. The van der Waals surface area contributed by atoms with Crippen molar-refractivity contribution >= 4 is 33.4 Å². The third-order valence-corrected chi connectivity index (χ3v) is 6.90. The second-order valence-electron chi connectivity index (χ2n) is 8.19. The molecule has 1 N–H and O–H groups in total. The molecule has 0 saturated carbocycles. The van der Waals surface area contributed by atoms with Gasteiger partial charge in [-0.3, -0.25) is 4.79 Å². The van der Waals surface area contributed by atoms with Gasteiger partial charge in [0.15, 0.2) is 0 Å². The molecule has 8 nitrogen and oxygen atoms in total. The highest BCUT2D eigenvalue weighted by Gasteiger charge is 2.28. The summed E-state index contributed by atoms with van der Waals surface area (Å²) in [5.41, 5.74) is -0.280. The fraction of sp³-hybridized carbons (Fsp3) is 0.429. The molecule has 1 fully saturated rings. The lowest BCUT2D eigenvalue weighted by Gasteiger charge is -2.35. The van der Waals surface area contributed by atoms with Crippen LogP contribution >= 0.6 is 11.3 Å². The van der Waals surface area contributed by atoms with Crippen molar-refractivity contribution < 1.29 is 22.7 Å². The van der Waals surface area contributed by atoms with Crippen molar-refractivity contribution in [3.05, 3.63) is 52.2 Å². The third kappa shape index (κ3) is 6.28. The summed E-state index contributed by atoms with van der Waals surface area (Å²) in [6, 6.07) is 9.72. The monoisotopic (exact) mass is 465 g/mol. The number of carbonyl (C=O) groups excluding carboxylic acids is 2. The molecule has 10 heteroatoms. The van der Waals surface area contributed by atoms with E-state index in [2.05, 4.69) is 4.72 Å². The number of amides is 2. The number of benzene rings is 1. The maximum atomic E-state index is 12.9. The molecule has 1 aliphatic heterocycles. The summed E-state index contributed by atoms with van der Waals surface area (Å²) in [7, 11) is -3.74. The zero-order valence-electron chi connectivity index (χ0n) is 17.8. The second kappa shape index (κ2) is 9.37. The van der Waals surface area contributed by atoms with Crippen LogP contribution in [0.25, 0.3) is 0 Å². The number of rotatable bonds is 5. The van der Waals surface area contributed by atoms with Crippen molar-refractivity contribution in [2.75, 3.05) is 26.2 Å². The molecule has 2 amide bonds. The van der Waals surface area contributed by atoms with Crippen molar-refractivity contribution in [1.29, 1.82) is 0 Å². The van der Waals surface area contributed by atoms with Crippen molar-refractivity contribution in [3.8, 4) is 0 Å². The number of hydrogen-bond donors (Lipinski definition) is 1. The van der Waals surface area contributed by atoms with Gasteiger partial charge in [0.05, 0.1) is 4.90 Å². The van der Waals surface area contributed by atoms with Crippen LogP contribution in [0.3, 0.4) is 0 Å². The highest BCUT2D eigenvalue weighted by atomic mass is 32.2. The van der Waals surface area contributed by atoms with E-state index in [1.807, 2.05) is 17.5 Å². The molecule has 1 aromatic heterocycles. The van der Waals surface area contributed by atoms with Gasteiger partial charge in [-0.25, -0.2) is 17.9 Å². The van der Waals surface area contributed by atoms with Crippen LogP contribution in [0.5, 0.6) is 0 Å². The number of carbonyl (C=O) groups is 2. The molecule has 2 aromatic rings. The van der Waals surface area contributed by atoms with Crippen LogP contribution in [-0.4, -0.2) is 62.0 Å². The predicted octanol–water partition coefficient (Wildman–Crippen LogP) is 2.92. The van der Waals surface area contributed by atoms with E-state index >= 15 is 0 Å². The van der Waals surface area contributed by atoms with Crippen molar-refractivity contribution in [2.24, 2.45) is 0 Å². The molecule has 1 aliphatic rings. The second-order valence-corrected chi connectivity index (χ2v) is 11.0. The Kier molecular flexibility index (Phi) is 7.03. The number of nitrogens with zero attached hydrogens (tertiary/aromatic N) is 2. The van der Waals surface area contributed by atoms with Gasteiger partial charge in [0.1, 0.15) is 5.60 Å². The molecule has 0 bridgehead atoms. The average molecular weight is 466 g/mol. The minimum absolute atomic E-state index is 0.0438. The van der Waals surface area contributed by atoms with Gasteiger partial charge in [0.25, 0.3) is 5.91 Å². The van der Waals surface area contributed by atoms with Crippen LogP contribution in [0.4, 0.5) is 4.79 Å². The summed E-state index contributed by atoms with van der Waals surface area (Å²) < 4.78 is 33.2. The van der Waals surface area contributed by atoms with Gasteiger partial charge in [0.2, 0.25) is 10.0 Å². The standard InChI is InChI=1S/C21H27N3O5S2/c1-21(2,3)29-20(26)24-11-9-23(10-12-24)19(25)16-6-4-8-18(14-16)31(27,28)22-15-17-7-5-13-30-17/h4-8,13-14,22H,9-12,15H2,1-3H3. The molecule has 1 saturated heterocycles. The Morgan fingerprint density at radius 2 is 1.74 bits per heavy atom. The largest absolute Gasteiger partial charge is 0.444 e. The Bertz CT molecular complexity index is 1020. The highest BCUT2D eigenvalue weighted by molar-refractivity contribution is 7.89. The van der Waals surface area contributed by atoms with Crippen molar-refractivity contribution in [1.82, 2.24) is 14.5 Å². The lowest BCUT2D eigenvalue weighted by atomic mass is 10.2. The number of thiophene rings is 1. The normalized spacial score (nSPS) is 15.1. The molecule has 31 heavy (non-hydrogen) atoms. The Morgan fingerprint density at radius 3 is 2.35 bits per heavy atom. The first-order chi connectivity index (χ1) is 14.5. The van der Waals surface area contributed by atoms with Crippen LogP contribution in [0.2, 0.25) is 0 Å². The Morgan fingerprint density at radius 1 is 1.06 bits per heavy atom. The first-order valence-electron chi connectivity index (χ1n) is 9.94. The molecule has 2 heterocycles. The summed E-state index contributed by atoms with van der Waals surface area (Å²) in [5, 5.41) is 1.88. The van der Waals surface area contributed by atoms with Gasteiger partial charge in [-0.15, -0.1) is 11.3 Å². The Balaban J connectivity index is 1.62. The minimum atomic E-state index is -3.74. The quantitative estimate of drug-likeness (QED) is 0.733. The van der Waals surface area contributed by atoms with Gasteiger partial charge in [0, 0.05) is 43.2 Å². The molecular formula is C21H27N3O5S2.